The molecule has 2 N–H and O–H groups in total. The van der Waals surface area contributed by atoms with Gasteiger partial charge in [0.2, 0.25) is 0 Å². The molecular weight excluding hydrogens is 419 g/mol. The van der Waals surface area contributed by atoms with E-state index in [0.717, 1.165) is 47.2 Å². The maximum atomic E-state index is 14.5. The van der Waals surface area contributed by atoms with Crippen molar-refractivity contribution in [1.29, 1.82) is 5.26 Å². The number of nitrogens with zero attached hydrogens (tertiary/aromatic N) is 4. The standard InChI is InChI=1S/C25H23FN6O/c1-31-14-18-9-16(5-6-22(18)30-31)24-20(15-3-4-17(12-27)21(26)10-15)11-23(32(24)2)25(33)29-19-7-8-28-13-19/h3-6,9-11,14,19,28H,7-8,13H2,1-2H3,(H,29,33)/t19-/m1/s1. The van der Waals surface area contributed by atoms with Gasteiger partial charge < -0.3 is 15.2 Å². The highest BCUT2D eigenvalue weighted by Gasteiger charge is 2.24. The van der Waals surface area contributed by atoms with Gasteiger partial charge in [-0.3, -0.25) is 9.48 Å². The van der Waals surface area contributed by atoms with Gasteiger partial charge in [-0.2, -0.15) is 10.4 Å². The Labute approximate surface area is 190 Å². The number of hydrogen-bond acceptors (Lipinski definition) is 4. The summed E-state index contributed by atoms with van der Waals surface area (Å²) in [5.74, 6) is -0.759. The smallest absolute Gasteiger partial charge is 0.268 e. The molecule has 0 unspecified atom stereocenters. The third-order valence-electron chi connectivity index (χ3n) is 6.15. The highest BCUT2D eigenvalue weighted by molar-refractivity contribution is 5.98. The molecule has 0 spiro atoms. The van der Waals surface area contributed by atoms with Gasteiger partial charge in [-0.25, -0.2) is 4.39 Å². The fraction of sp³-hybridized carbons (Fsp3) is 0.240. The Morgan fingerprint density at radius 1 is 1.21 bits per heavy atom. The summed E-state index contributed by atoms with van der Waals surface area (Å²) in [6, 6.07) is 14.2. The van der Waals surface area contributed by atoms with E-state index in [1.54, 1.807) is 16.8 Å². The van der Waals surface area contributed by atoms with Crippen molar-refractivity contribution in [3.05, 3.63) is 65.7 Å². The second-order valence-electron chi connectivity index (χ2n) is 8.40. The topological polar surface area (TPSA) is 87.7 Å². The van der Waals surface area contributed by atoms with Crippen molar-refractivity contribution in [2.24, 2.45) is 14.1 Å². The van der Waals surface area contributed by atoms with Gasteiger partial charge in [0.1, 0.15) is 17.6 Å². The van der Waals surface area contributed by atoms with Crippen molar-refractivity contribution in [2.45, 2.75) is 12.5 Å². The summed E-state index contributed by atoms with van der Waals surface area (Å²) in [6.45, 7) is 1.62. The molecule has 166 valence electrons. The Kier molecular flexibility index (Phi) is 5.19. The van der Waals surface area contributed by atoms with Crippen LogP contribution >= 0.6 is 0 Å². The van der Waals surface area contributed by atoms with Gasteiger partial charge in [0, 0.05) is 43.8 Å². The summed E-state index contributed by atoms with van der Waals surface area (Å²) in [4.78, 5) is 13.1. The quantitative estimate of drug-likeness (QED) is 0.507. The number of fused-ring (bicyclic) bond motifs is 1. The summed E-state index contributed by atoms with van der Waals surface area (Å²) >= 11 is 0. The average molecular weight is 442 g/mol. The maximum Gasteiger partial charge on any atom is 0.268 e. The maximum absolute atomic E-state index is 14.5. The van der Waals surface area contributed by atoms with Gasteiger partial charge in [-0.05, 0) is 54.4 Å². The molecule has 0 radical (unpaired) electrons. The zero-order chi connectivity index (χ0) is 23.1. The number of nitriles is 1. The van der Waals surface area contributed by atoms with E-state index in [2.05, 4.69) is 15.7 Å². The van der Waals surface area contributed by atoms with Crippen molar-refractivity contribution in [2.75, 3.05) is 13.1 Å². The third-order valence-corrected chi connectivity index (χ3v) is 6.15. The lowest BCUT2D eigenvalue weighted by molar-refractivity contribution is 0.0932. The number of halogens is 1. The van der Waals surface area contributed by atoms with Crippen LogP contribution in [0.5, 0.6) is 0 Å². The van der Waals surface area contributed by atoms with Crippen LogP contribution in [0.3, 0.4) is 0 Å². The number of amides is 1. The second-order valence-corrected chi connectivity index (χ2v) is 8.40. The van der Waals surface area contributed by atoms with E-state index >= 15 is 0 Å². The van der Waals surface area contributed by atoms with Gasteiger partial charge in [-0.1, -0.05) is 12.1 Å². The van der Waals surface area contributed by atoms with Crippen molar-refractivity contribution in [1.82, 2.24) is 25.0 Å². The summed E-state index contributed by atoms with van der Waals surface area (Å²) in [7, 11) is 3.71. The molecule has 1 aliphatic heterocycles. The minimum atomic E-state index is -0.587. The molecule has 3 heterocycles. The molecule has 0 saturated carbocycles. The predicted octanol–water partition coefficient (Wildman–Crippen LogP) is 3.35. The second kappa shape index (κ2) is 8.19. The first-order valence-corrected chi connectivity index (χ1v) is 10.8. The molecule has 0 aliphatic carbocycles. The number of aromatic nitrogens is 3. The van der Waals surface area contributed by atoms with Gasteiger partial charge >= 0.3 is 0 Å². The predicted molar refractivity (Wildman–Crippen MR) is 124 cm³/mol. The number of nitrogens with one attached hydrogen (secondary N) is 2. The SMILES string of the molecule is Cn1cc2cc(-c3c(-c4ccc(C#N)c(F)c4)cc(C(=O)N[C@@H]4CCNC4)n3C)ccc2n1. The van der Waals surface area contributed by atoms with Crippen molar-refractivity contribution in [3.63, 3.8) is 0 Å². The molecular formula is C25H23FN6O. The number of rotatable bonds is 4. The Balaban J connectivity index is 1.66. The van der Waals surface area contributed by atoms with Crippen LogP contribution in [0, 0.1) is 17.1 Å². The molecule has 1 aliphatic rings. The lowest BCUT2D eigenvalue weighted by Gasteiger charge is -2.13. The Hall–Kier alpha value is -3.96. The van der Waals surface area contributed by atoms with Crippen molar-refractivity contribution >= 4 is 16.8 Å². The molecule has 33 heavy (non-hydrogen) atoms. The molecule has 2 aromatic heterocycles. The minimum absolute atomic E-state index is 0.0142. The van der Waals surface area contributed by atoms with E-state index in [4.69, 9.17) is 5.26 Å². The number of aryl methyl sites for hydroxylation is 1. The first-order chi connectivity index (χ1) is 15.9. The van der Waals surface area contributed by atoms with Crippen LogP contribution in [0.15, 0.2) is 48.7 Å². The van der Waals surface area contributed by atoms with Gasteiger partial charge in [-0.15, -0.1) is 0 Å². The molecule has 8 heteroatoms. The number of hydrogen-bond donors (Lipinski definition) is 2. The van der Waals surface area contributed by atoms with Gasteiger partial charge in [0.05, 0.1) is 16.8 Å². The first-order valence-electron chi connectivity index (χ1n) is 10.8. The van der Waals surface area contributed by atoms with Crippen LogP contribution in [0.2, 0.25) is 0 Å². The van der Waals surface area contributed by atoms with E-state index < -0.39 is 5.82 Å². The van der Waals surface area contributed by atoms with E-state index in [1.807, 2.05) is 49.1 Å². The van der Waals surface area contributed by atoms with E-state index in [0.29, 0.717) is 11.3 Å². The lowest BCUT2D eigenvalue weighted by atomic mass is 9.99. The normalized spacial score (nSPS) is 15.6. The highest BCUT2D eigenvalue weighted by atomic mass is 19.1. The molecule has 7 nitrogen and oxygen atoms in total. The third kappa shape index (κ3) is 3.77. The highest BCUT2D eigenvalue weighted by Crippen LogP contribution is 2.36. The summed E-state index contributed by atoms with van der Waals surface area (Å²) in [5.41, 5.74) is 4.35. The summed E-state index contributed by atoms with van der Waals surface area (Å²) in [5, 5.41) is 20.9. The minimum Gasteiger partial charge on any atom is -0.347 e. The van der Waals surface area contributed by atoms with Crippen LogP contribution in [0.4, 0.5) is 4.39 Å². The Morgan fingerprint density at radius 2 is 2.03 bits per heavy atom. The fourth-order valence-corrected chi connectivity index (χ4v) is 4.50. The lowest BCUT2D eigenvalue weighted by Crippen LogP contribution is -2.37. The average Bonchev–Trinajstić information content (AvgIpc) is 3.51. The van der Waals surface area contributed by atoms with Crippen LogP contribution < -0.4 is 10.6 Å². The molecule has 2 aromatic carbocycles. The van der Waals surface area contributed by atoms with Crippen LogP contribution in [-0.4, -0.2) is 39.4 Å². The van der Waals surface area contributed by atoms with Crippen molar-refractivity contribution in [3.8, 4) is 28.5 Å². The number of benzene rings is 2. The monoisotopic (exact) mass is 442 g/mol. The first kappa shape index (κ1) is 20.9. The van der Waals surface area contributed by atoms with E-state index in [1.165, 1.54) is 12.1 Å². The zero-order valence-corrected chi connectivity index (χ0v) is 18.4. The molecule has 4 aromatic rings. The van der Waals surface area contributed by atoms with Crippen LogP contribution in [-0.2, 0) is 14.1 Å². The molecule has 0 bridgehead atoms. The molecule has 1 saturated heterocycles. The van der Waals surface area contributed by atoms with Crippen LogP contribution in [0.25, 0.3) is 33.3 Å². The summed E-state index contributed by atoms with van der Waals surface area (Å²) in [6.07, 6.45) is 2.82. The molecule has 1 amide bonds. The van der Waals surface area contributed by atoms with Gasteiger partial charge in [0.25, 0.3) is 5.91 Å². The van der Waals surface area contributed by atoms with Crippen molar-refractivity contribution < 1.29 is 9.18 Å². The largest absolute Gasteiger partial charge is 0.347 e. The fourth-order valence-electron chi connectivity index (χ4n) is 4.50. The Bertz CT molecular complexity index is 1420. The van der Waals surface area contributed by atoms with Crippen LogP contribution in [0.1, 0.15) is 22.5 Å². The number of carbonyl (C=O) groups is 1. The van der Waals surface area contributed by atoms with Gasteiger partial charge in [0.15, 0.2) is 0 Å². The Morgan fingerprint density at radius 3 is 2.76 bits per heavy atom. The zero-order valence-electron chi connectivity index (χ0n) is 18.4. The molecule has 1 fully saturated rings. The number of carbonyl (C=O) groups excluding carboxylic acids is 1. The van der Waals surface area contributed by atoms with E-state index in [-0.39, 0.29) is 17.5 Å². The molecule has 5 rings (SSSR count). The van der Waals surface area contributed by atoms with E-state index in [9.17, 15) is 9.18 Å². The summed E-state index contributed by atoms with van der Waals surface area (Å²) < 4.78 is 18.1. The molecule has 1 atom stereocenters.